The summed E-state index contributed by atoms with van der Waals surface area (Å²) < 4.78 is 0. The van der Waals surface area contributed by atoms with Crippen LogP contribution >= 0.6 is 0 Å². The summed E-state index contributed by atoms with van der Waals surface area (Å²) >= 11 is 0. The monoisotopic (exact) mass is 521 g/mol. The van der Waals surface area contributed by atoms with Crippen LogP contribution in [-0.2, 0) is 4.79 Å². The number of hydrogen-bond acceptors (Lipinski definition) is 7. The van der Waals surface area contributed by atoms with Gasteiger partial charge in [-0.2, -0.15) is 5.10 Å². The van der Waals surface area contributed by atoms with E-state index < -0.39 is 0 Å². The van der Waals surface area contributed by atoms with Gasteiger partial charge in [0, 0.05) is 66.4 Å². The number of H-pyrrole nitrogens is 2. The minimum absolute atomic E-state index is 0.0846. The second-order valence-electron chi connectivity index (χ2n) is 10.7. The molecular formula is C29H31N9O. The van der Waals surface area contributed by atoms with E-state index in [1.54, 1.807) is 18.6 Å². The number of piperazine rings is 1. The first-order chi connectivity index (χ1) is 19.1. The van der Waals surface area contributed by atoms with E-state index >= 15 is 0 Å². The highest BCUT2D eigenvalue weighted by molar-refractivity contribution is 6.00. The Morgan fingerprint density at radius 1 is 0.923 bits per heavy atom. The maximum Gasteiger partial charge on any atom is 0.227 e. The van der Waals surface area contributed by atoms with Gasteiger partial charge in [-0.1, -0.05) is 12.8 Å². The van der Waals surface area contributed by atoms with Crippen molar-refractivity contribution in [3.8, 4) is 22.5 Å². The number of nitrogens with zero attached hydrogens (tertiary/aromatic N) is 6. The van der Waals surface area contributed by atoms with Crippen LogP contribution in [0, 0.1) is 5.92 Å². The van der Waals surface area contributed by atoms with Gasteiger partial charge >= 0.3 is 0 Å². The van der Waals surface area contributed by atoms with Gasteiger partial charge in [-0.15, -0.1) is 0 Å². The molecule has 3 N–H and O–H groups in total. The number of amides is 1. The average Bonchev–Trinajstić information content (AvgIpc) is 3.73. The van der Waals surface area contributed by atoms with Crippen LogP contribution in [0.5, 0.6) is 0 Å². The lowest BCUT2D eigenvalue weighted by atomic mass is 10.1. The van der Waals surface area contributed by atoms with Gasteiger partial charge in [-0.3, -0.25) is 19.9 Å². The average molecular weight is 522 g/mol. The Morgan fingerprint density at radius 3 is 2.56 bits per heavy atom. The van der Waals surface area contributed by atoms with Crippen LogP contribution in [0.2, 0.25) is 0 Å². The molecule has 0 spiro atoms. The van der Waals surface area contributed by atoms with Crippen molar-refractivity contribution in [2.24, 2.45) is 5.92 Å². The molecule has 39 heavy (non-hydrogen) atoms. The zero-order valence-electron chi connectivity index (χ0n) is 21.9. The molecule has 10 heteroatoms. The van der Waals surface area contributed by atoms with E-state index in [-0.39, 0.29) is 11.8 Å². The Morgan fingerprint density at radius 2 is 1.72 bits per heavy atom. The standard InChI is InChI=1S/C29H31N9O/c1-37-6-8-38(9-7-37)26-17-31-16-25-22(26)12-24(34-25)27-23-11-20(14-32-28(23)36-35-27)19-10-21(15-30-13-19)33-29(39)18-4-2-3-5-18/h10-18,34H,2-9H2,1H3,(H,33,39)(H,32,35,36). The molecule has 1 aliphatic carbocycles. The lowest BCUT2D eigenvalue weighted by Crippen LogP contribution is -2.44. The van der Waals surface area contributed by atoms with E-state index in [0.717, 1.165) is 96.4 Å². The van der Waals surface area contributed by atoms with E-state index in [2.05, 4.69) is 64.4 Å². The second kappa shape index (κ2) is 9.77. The summed E-state index contributed by atoms with van der Waals surface area (Å²) in [5, 5.41) is 12.8. The minimum Gasteiger partial charge on any atom is -0.367 e. The summed E-state index contributed by atoms with van der Waals surface area (Å²) in [5.41, 5.74) is 7.09. The lowest BCUT2D eigenvalue weighted by molar-refractivity contribution is -0.119. The van der Waals surface area contributed by atoms with Crippen LogP contribution in [0.25, 0.3) is 44.5 Å². The Balaban J connectivity index is 1.21. The molecule has 0 unspecified atom stereocenters. The fourth-order valence-electron chi connectivity index (χ4n) is 5.83. The Bertz CT molecular complexity index is 1660. The summed E-state index contributed by atoms with van der Waals surface area (Å²) in [4.78, 5) is 34.4. The summed E-state index contributed by atoms with van der Waals surface area (Å²) in [6, 6.07) is 6.20. The molecule has 2 aliphatic rings. The van der Waals surface area contributed by atoms with Gasteiger partial charge in [0.15, 0.2) is 5.65 Å². The summed E-state index contributed by atoms with van der Waals surface area (Å²) in [6.07, 6.45) is 13.3. The van der Waals surface area contributed by atoms with Crippen LogP contribution in [0.1, 0.15) is 25.7 Å². The quantitative estimate of drug-likeness (QED) is 0.313. The molecular weight excluding hydrogens is 490 g/mol. The number of nitrogens with one attached hydrogen (secondary N) is 3. The number of likely N-dealkylation sites (N-methyl/N-ethyl adjacent to an activating group) is 1. The van der Waals surface area contributed by atoms with Crippen molar-refractivity contribution < 1.29 is 4.79 Å². The molecule has 0 aromatic carbocycles. The number of hydrogen-bond donors (Lipinski definition) is 3. The van der Waals surface area contributed by atoms with Crippen molar-refractivity contribution >= 4 is 39.2 Å². The second-order valence-corrected chi connectivity index (χ2v) is 10.7. The minimum atomic E-state index is 0.0846. The molecule has 0 bridgehead atoms. The fourth-order valence-corrected chi connectivity index (χ4v) is 5.83. The molecule has 0 atom stereocenters. The third-order valence-corrected chi connectivity index (χ3v) is 8.11. The first-order valence-electron chi connectivity index (χ1n) is 13.6. The van der Waals surface area contributed by atoms with Crippen molar-refractivity contribution in [2.75, 3.05) is 43.4 Å². The number of aromatic nitrogens is 6. The summed E-state index contributed by atoms with van der Waals surface area (Å²) in [6.45, 7) is 4.03. The Hall–Kier alpha value is -4.31. The van der Waals surface area contributed by atoms with Crippen molar-refractivity contribution in [3.05, 3.63) is 49.2 Å². The highest BCUT2D eigenvalue weighted by Gasteiger charge is 2.23. The smallest absolute Gasteiger partial charge is 0.227 e. The van der Waals surface area contributed by atoms with Gasteiger partial charge in [0.2, 0.25) is 5.91 Å². The van der Waals surface area contributed by atoms with Gasteiger partial charge in [0.1, 0.15) is 0 Å². The number of anilines is 2. The zero-order chi connectivity index (χ0) is 26.3. The first kappa shape index (κ1) is 23.8. The molecule has 5 aromatic heterocycles. The number of aromatic amines is 2. The molecule has 1 saturated heterocycles. The van der Waals surface area contributed by atoms with Gasteiger partial charge in [-0.05, 0) is 38.1 Å². The van der Waals surface area contributed by atoms with Crippen molar-refractivity contribution in [1.29, 1.82) is 0 Å². The number of pyridine rings is 3. The molecule has 1 aliphatic heterocycles. The number of carbonyl (C=O) groups is 1. The number of fused-ring (bicyclic) bond motifs is 2. The van der Waals surface area contributed by atoms with Crippen LogP contribution in [-0.4, -0.2) is 74.2 Å². The molecule has 7 rings (SSSR count). The van der Waals surface area contributed by atoms with Crippen molar-refractivity contribution in [2.45, 2.75) is 25.7 Å². The summed E-state index contributed by atoms with van der Waals surface area (Å²) in [7, 11) is 2.16. The van der Waals surface area contributed by atoms with Crippen LogP contribution in [0.15, 0.2) is 49.2 Å². The lowest BCUT2D eigenvalue weighted by Gasteiger charge is -2.34. The third kappa shape index (κ3) is 4.50. The van der Waals surface area contributed by atoms with E-state index in [9.17, 15) is 4.79 Å². The topological polar surface area (TPSA) is 119 Å². The molecule has 2 fully saturated rings. The maximum absolute atomic E-state index is 12.6. The van der Waals surface area contributed by atoms with Crippen molar-refractivity contribution in [1.82, 2.24) is 35.0 Å². The molecule has 1 saturated carbocycles. The molecule has 10 nitrogen and oxygen atoms in total. The fraction of sp³-hybridized carbons (Fsp3) is 0.345. The number of rotatable bonds is 5. The predicted octanol–water partition coefficient (Wildman–Crippen LogP) is 4.44. The SMILES string of the molecule is CN1CCN(c2cncc3[nH]c(-c4[nH]nc5ncc(-c6cncc(NC(=O)C7CCCC7)c6)cc45)cc23)CC1. The summed E-state index contributed by atoms with van der Waals surface area (Å²) in [5.74, 6) is 0.185. The van der Waals surface area contributed by atoms with Crippen LogP contribution in [0.4, 0.5) is 11.4 Å². The highest BCUT2D eigenvalue weighted by Crippen LogP contribution is 2.34. The normalized spacial score (nSPS) is 16.9. The molecule has 0 radical (unpaired) electrons. The molecule has 5 aromatic rings. The molecule has 1 amide bonds. The number of carbonyl (C=O) groups excluding carboxylic acids is 1. The first-order valence-corrected chi connectivity index (χ1v) is 13.6. The van der Waals surface area contributed by atoms with E-state index in [0.29, 0.717) is 11.3 Å². The third-order valence-electron chi connectivity index (χ3n) is 8.11. The maximum atomic E-state index is 12.6. The highest BCUT2D eigenvalue weighted by atomic mass is 16.1. The van der Waals surface area contributed by atoms with Crippen molar-refractivity contribution in [3.63, 3.8) is 0 Å². The predicted molar refractivity (Wildman–Crippen MR) is 153 cm³/mol. The largest absolute Gasteiger partial charge is 0.367 e. The zero-order valence-corrected chi connectivity index (χ0v) is 21.9. The van der Waals surface area contributed by atoms with Gasteiger partial charge < -0.3 is 20.1 Å². The molecule has 198 valence electrons. The Labute approximate surface area is 225 Å². The van der Waals surface area contributed by atoms with Gasteiger partial charge in [-0.25, -0.2) is 4.98 Å². The van der Waals surface area contributed by atoms with E-state index in [4.69, 9.17) is 0 Å². The van der Waals surface area contributed by atoms with E-state index in [1.165, 1.54) is 0 Å². The van der Waals surface area contributed by atoms with Gasteiger partial charge in [0.05, 0.1) is 46.9 Å². The van der Waals surface area contributed by atoms with Crippen LogP contribution in [0.3, 0.4) is 0 Å². The van der Waals surface area contributed by atoms with Gasteiger partial charge in [0.25, 0.3) is 0 Å². The van der Waals surface area contributed by atoms with E-state index in [1.807, 2.05) is 18.5 Å². The molecule has 6 heterocycles. The van der Waals surface area contributed by atoms with Crippen LogP contribution < -0.4 is 10.2 Å². The Kier molecular flexibility index (Phi) is 5.96.